The van der Waals surface area contributed by atoms with Crippen LogP contribution in [0.4, 0.5) is 0 Å². The van der Waals surface area contributed by atoms with Gasteiger partial charge >= 0.3 is 83.2 Å². The molecule has 4 heavy (non-hydrogen) atoms. The molecular weight excluding hydrogens is 218 g/mol. The largest absolute Gasteiger partial charge is 2.00 e. The molecule has 0 amide bonds. The van der Waals surface area contributed by atoms with Crippen LogP contribution < -0.4 is 0 Å². The third kappa shape index (κ3) is 9.18. The van der Waals surface area contributed by atoms with E-state index in [4.69, 9.17) is 0 Å². The van der Waals surface area contributed by atoms with E-state index >= 15 is 0 Å². The molecule has 0 rings (SSSR count). The van der Waals surface area contributed by atoms with Crippen molar-refractivity contribution in [2.24, 2.45) is 0 Å². The van der Waals surface area contributed by atoms with Crippen molar-refractivity contribution in [1.82, 2.24) is 0 Å². The molecule has 0 aromatic heterocycles. The molecule has 1 atom stereocenters. The van der Waals surface area contributed by atoms with E-state index in [0.29, 0.717) is 0 Å². The van der Waals surface area contributed by atoms with Crippen molar-refractivity contribution in [3.05, 3.63) is 0 Å². The van der Waals surface area contributed by atoms with Gasteiger partial charge in [0, 0.05) is 16.8 Å². The fourth-order valence-corrected chi connectivity index (χ4v) is 0. The molecule has 0 aliphatic carbocycles. The Labute approximate surface area is 113 Å². The second kappa shape index (κ2) is 15.9. The van der Waals surface area contributed by atoms with Crippen LogP contribution >= 0.6 is 9.90 Å². The quantitative estimate of drug-likeness (QED) is 0.393. The van der Waals surface area contributed by atoms with Gasteiger partial charge in [-0.1, -0.05) is 0 Å². The Morgan fingerprint density at radius 2 is 1.25 bits per heavy atom. The number of rotatable bonds is 0. The van der Waals surface area contributed by atoms with Gasteiger partial charge in [-0.2, -0.15) is 9.90 Å². The molecule has 1 radical (unpaired) electrons. The molecular formula is H7CaCoPSr. The normalized spacial score (nSPS) is 0. The Kier molecular flexibility index (Phi) is 101. The summed E-state index contributed by atoms with van der Waals surface area (Å²) in [6.45, 7) is 0. The van der Waals surface area contributed by atoms with Crippen molar-refractivity contribution in [2.45, 2.75) is 0 Å². The molecule has 25 valence electrons. The summed E-state index contributed by atoms with van der Waals surface area (Å²) in [5.74, 6) is 0. The average molecular weight is 225 g/mol. The zero-order valence-corrected chi connectivity index (χ0v) is 10.6. The summed E-state index contributed by atoms with van der Waals surface area (Å²) in [6.07, 6.45) is 0. The van der Waals surface area contributed by atoms with E-state index in [1.165, 1.54) is 0 Å². The van der Waals surface area contributed by atoms with E-state index < -0.39 is 0 Å². The Morgan fingerprint density at radius 3 is 1.25 bits per heavy atom. The van der Waals surface area contributed by atoms with Crippen molar-refractivity contribution >= 4 is 93.1 Å². The van der Waals surface area contributed by atoms with Crippen molar-refractivity contribution in [3.63, 3.8) is 0 Å². The Morgan fingerprint density at radius 1 is 1.25 bits per heavy atom. The Balaban J connectivity index is 0. The molecule has 0 aliphatic rings. The van der Waals surface area contributed by atoms with Crippen LogP contribution in [0, 0.1) is 0 Å². The first-order valence-corrected chi connectivity index (χ1v) is 0. The van der Waals surface area contributed by atoms with Crippen molar-refractivity contribution in [2.75, 3.05) is 0 Å². The van der Waals surface area contributed by atoms with Gasteiger partial charge in [0.2, 0.25) is 0 Å². The fraction of sp³-hybridized carbons (Fsp3) is 0. The van der Waals surface area contributed by atoms with E-state index in [9.17, 15) is 0 Å². The summed E-state index contributed by atoms with van der Waals surface area (Å²) in [5.41, 5.74) is 0. The second-order valence-corrected chi connectivity index (χ2v) is 0. The molecule has 4 heteroatoms. The minimum atomic E-state index is 0. The van der Waals surface area contributed by atoms with Gasteiger partial charge in [0.05, 0.1) is 0 Å². The van der Waals surface area contributed by atoms with E-state index in [2.05, 4.69) is 0 Å². The van der Waals surface area contributed by atoms with Gasteiger partial charge in [0.15, 0.2) is 0 Å². The molecule has 0 saturated heterocycles. The summed E-state index contributed by atoms with van der Waals surface area (Å²) in [6, 6.07) is 0. The van der Waals surface area contributed by atoms with Crippen molar-refractivity contribution in [1.29, 1.82) is 0 Å². The average Bonchev–Trinajstić information content (AvgIpc) is 0. The predicted molar refractivity (Wildman–Crippen MR) is 27.1 cm³/mol. The summed E-state index contributed by atoms with van der Waals surface area (Å²) >= 11 is 0. The van der Waals surface area contributed by atoms with Crippen molar-refractivity contribution < 1.29 is 22.5 Å². The van der Waals surface area contributed by atoms with E-state index in [1.54, 1.807) is 0 Å². The molecule has 0 heterocycles. The maximum Gasteiger partial charge on any atom is 2.00 e. The predicted octanol–water partition coefficient (Wildman–Crippen LogP) is -0.256. The van der Waals surface area contributed by atoms with Gasteiger partial charge in [-0.25, -0.2) is 0 Å². The fourth-order valence-electron chi connectivity index (χ4n) is 0. The van der Waals surface area contributed by atoms with Crippen LogP contribution in [0.15, 0.2) is 0 Å². The van der Waals surface area contributed by atoms with Gasteiger partial charge in [0.1, 0.15) is 0 Å². The van der Waals surface area contributed by atoms with Gasteiger partial charge < -0.3 is 5.71 Å². The standard InChI is InChI=1S/Ca.Co.H3P.Sr.4H/h;;1H3;;;;;/q+2;;;+2;4*-1. The molecule has 0 bridgehead atoms. The summed E-state index contributed by atoms with van der Waals surface area (Å²) in [5, 5.41) is 0. The first-order valence-electron chi connectivity index (χ1n) is 0. The van der Waals surface area contributed by atoms with E-state index in [-0.39, 0.29) is 116 Å². The van der Waals surface area contributed by atoms with Gasteiger partial charge in [-0.05, 0) is 0 Å². The molecule has 0 spiro atoms. The van der Waals surface area contributed by atoms with Gasteiger partial charge in [-0.3, -0.25) is 0 Å². The first-order chi connectivity index (χ1) is 0. The molecule has 0 aromatic carbocycles. The topological polar surface area (TPSA) is 0 Å². The van der Waals surface area contributed by atoms with Gasteiger partial charge in [-0.15, -0.1) is 0 Å². The van der Waals surface area contributed by atoms with Crippen molar-refractivity contribution in [3.8, 4) is 0 Å². The number of hydrogen-bond donors (Lipinski definition) is 0. The Bertz CT molecular complexity index is 16.0. The minimum Gasteiger partial charge on any atom is -1.00 e. The minimum absolute atomic E-state index is 0. The zero-order chi connectivity index (χ0) is 0. The van der Waals surface area contributed by atoms with Crippen LogP contribution in [0.3, 0.4) is 0 Å². The first kappa shape index (κ1) is 25.3. The van der Waals surface area contributed by atoms with Crippen LogP contribution in [-0.2, 0) is 16.8 Å². The summed E-state index contributed by atoms with van der Waals surface area (Å²) in [4.78, 5) is 0. The summed E-state index contributed by atoms with van der Waals surface area (Å²) < 4.78 is 0. The third-order valence-electron chi connectivity index (χ3n) is 0. The summed E-state index contributed by atoms with van der Waals surface area (Å²) in [7, 11) is 0. The maximum absolute atomic E-state index is 0. The van der Waals surface area contributed by atoms with Gasteiger partial charge in [0.25, 0.3) is 0 Å². The number of hydrogen-bond acceptors (Lipinski definition) is 0. The zero-order valence-electron chi connectivity index (χ0n) is 6.45. The van der Waals surface area contributed by atoms with Crippen LogP contribution in [-0.4, -0.2) is 83.2 Å². The molecule has 0 N–H and O–H groups in total. The molecule has 0 saturated carbocycles. The molecule has 0 aliphatic heterocycles. The third-order valence-corrected chi connectivity index (χ3v) is 0. The maximum atomic E-state index is 0. The molecule has 0 fully saturated rings. The van der Waals surface area contributed by atoms with Crippen LogP contribution in [0.1, 0.15) is 5.71 Å². The van der Waals surface area contributed by atoms with Crippen LogP contribution in [0.2, 0.25) is 0 Å². The van der Waals surface area contributed by atoms with E-state index in [1.807, 2.05) is 0 Å². The monoisotopic (exact) mass is 225 g/mol. The Hall–Kier alpha value is 3.68. The van der Waals surface area contributed by atoms with E-state index in [0.717, 1.165) is 0 Å². The second-order valence-electron chi connectivity index (χ2n) is 0. The van der Waals surface area contributed by atoms with Crippen LogP contribution in [0.5, 0.6) is 0 Å². The SMILES string of the molecule is P.[Ca+2].[Co].[H-].[H-].[H-].[H-].[Sr+2]. The molecule has 0 nitrogen and oxygen atoms in total. The molecule has 1 unspecified atom stereocenters. The van der Waals surface area contributed by atoms with Crippen LogP contribution in [0.25, 0.3) is 0 Å². The smallest absolute Gasteiger partial charge is 1.00 e. The molecule has 0 aromatic rings.